The Balaban J connectivity index is 2.22. The van der Waals surface area contributed by atoms with E-state index in [1.54, 1.807) is 0 Å². The van der Waals surface area contributed by atoms with Crippen molar-refractivity contribution in [1.82, 2.24) is 4.98 Å². The first-order chi connectivity index (χ1) is 7.77. The summed E-state index contributed by atoms with van der Waals surface area (Å²) >= 11 is 0. The number of anilines is 2. The van der Waals surface area contributed by atoms with E-state index in [0.717, 1.165) is 6.42 Å². The molecule has 0 aliphatic carbocycles. The topological polar surface area (TPSA) is 16.1 Å². The van der Waals surface area contributed by atoms with Gasteiger partial charge in [-0.2, -0.15) is 0 Å². The van der Waals surface area contributed by atoms with Crippen LogP contribution in [0.3, 0.4) is 0 Å². The number of aromatic nitrogens is 1. The van der Waals surface area contributed by atoms with Crippen LogP contribution in [-0.2, 0) is 6.42 Å². The third kappa shape index (κ3) is 1.23. The summed E-state index contributed by atoms with van der Waals surface area (Å²) in [5.41, 5.74) is 6.45. The fourth-order valence-corrected chi connectivity index (χ4v) is 2.40. The smallest absolute Gasteiger partial charge is 0.0684 e. The van der Waals surface area contributed by atoms with Crippen LogP contribution in [0.1, 0.15) is 16.8 Å². The van der Waals surface area contributed by atoms with Gasteiger partial charge in [0.25, 0.3) is 0 Å². The van der Waals surface area contributed by atoms with Crippen LogP contribution in [0.25, 0.3) is 0 Å². The van der Waals surface area contributed by atoms with Gasteiger partial charge in [0.2, 0.25) is 0 Å². The number of rotatable bonds is 0. The largest absolute Gasteiger partial charge is 0.343 e. The van der Waals surface area contributed by atoms with Crippen molar-refractivity contribution in [2.45, 2.75) is 13.3 Å². The molecule has 80 valence electrons. The van der Waals surface area contributed by atoms with Gasteiger partial charge in [-0.1, -0.05) is 12.1 Å². The van der Waals surface area contributed by atoms with Gasteiger partial charge in [-0.05, 0) is 36.2 Å². The van der Waals surface area contributed by atoms with Crippen molar-refractivity contribution in [1.29, 1.82) is 0 Å². The van der Waals surface area contributed by atoms with Crippen LogP contribution in [0, 0.1) is 6.92 Å². The minimum atomic E-state index is 0.947. The fourth-order valence-electron chi connectivity index (χ4n) is 2.40. The zero-order chi connectivity index (χ0) is 11.1. The van der Waals surface area contributed by atoms with E-state index in [9.17, 15) is 0 Å². The summed E-state index contributed by atoms with van der Waals surface area (Å²) in [6, 6.07) is 10.6. The summed E-state index contributed by atoms with van der Waals surface area (Å²) in [6.45, 7) is 2.17. The van der Waals surface area contributed by atoms with Crippen molar-refractivity contribution in [3.8, 4) is 0 Å². The van der Waals surface area contributed by atoms with E-state index in [0.29, 0.717) is 0 Å². The second-order valence-electron chi connectivity index (χ2n) is 4.28. The molecule has 0 spiro atoms. The molecule has 0 radical (unpaired) electrons. The van der Waals surface area contributed by atoms with Gasteiger partial charge in [-0.25, -0.2) is 0 Å². The Bertz CT molecular complexity index is 546. The predicted molar refractivity (Wildman–Crippen MR) is 66.3 cm³/mol. The Kier molecular flexibility index (Phi) is 1.96. The van der Waals surface area contributed by atoms with Crippen LogP contribution in [0.15, 0.2) is 36.5 Å². The quantitative estimate of drug-likeness (QED) is 0.664. The molecule has 0 unspecified atom stereocenters. The summed E-state index contributed by atoms with van der Waals surface area (Å²) < 4.78 is 0. The van der Waals surface area contributed by atoms with E-state index in [1.165, 1.54) is 28.2 Å². The molecule has 1 aliphatic rings. The summed E-state index contributed by atoms with van der Waals surface area (Å²) in [5, 5.41) is 0. The van der Waals surface area contributed by atoms with Crippen LogP contribution in [0.5, 0.6) is 0 Å². The molecule has 2 nitrogen and oxygen atoms in total. The molecule has 1 aromatic heterocycles. The second kappa shape index (κ2) is 3.34. The molecule has 3 rings (SSSR count). The maximum atomic E-state index is 4.47. The zero-order valence-electron chi connectivity index (χ0n) is 9.57. The highest BCUT2D eigenvalue weighted by Crippen LogP contribution is 2.37. The second-order valence-corrected chi connectivity index (χ2v) is 4.28. The highest BCUT2D eigenvalue weighted by Gasteiger charge is 2.21. The predicted octanol–water partition coefficient (Wildman–Crippen LogP) is 3.06. The Labute approximate surface area is 95.6 Å². The Morgan fingerprint density at radius 3 is 2.81 bits per heavy atom. The lowest BCUT2D eigenvalue weighted by Crippen LogP contribution is -2.19. The van der Waals surface area contributed by atoms with E-state index >= 15 is 0 Å². The number of benzene rings is 1. The Morgan fingerprint density at radius 2 is 1.94 bits per heavy atom. The number of hydrogen-bond donors (Lipinski definition) is 0. The van der Waals surface area contributed by atoms with Crippen LogP contribution in [-0.4, -0.2) is 12.0 Å². The van der Waals surface area contributed by atoms with Gasteiger partial charge >= 0.3 is 0 Å². The number of aryl methyl sites for hydroxylation is 1. The van der Waals surface area contributed by atoms with Gasteiger partial charge in [0.05, 0.1) is 11.4 Å². The molecule has 0 atom stereocenters. The van der Waals surface area contributed by atoms with Crippen molar-refractivity contribution >= 4 is 11.4 Å². The van der Waals surface area contributed by atoms with Crippen molar-refractivity contribution in [2.24, 2.45) is 0 Å². The number of nitrogens with zero attached hydrogens (tertiary/aromatic N) is 2. The van der Waals surface area contributed by atoms with Gasteiger partial charge in [0.15, 0.2) is 0 Å². The minimum absolute atomic E-state index is 0.947. The zero-order valence-corrected chi connectivity index (χ0v) is 9.57. The van der Waals surface area contributed by atoms with E-state index in [4.69, 9.17) is 0 Å². The molecule has 0 amide bonds. The molecule has 2 aromatic rings. The normalized spacial score (nSPS) is 13.2. The molecule has 2 heteroatoms. The summed E-state index contributed by atoms with van der Waals surface area (Å²) in [7, 11) is 2.11. The van der Waals surface area contributed by atoms with E-state index in [2.05, 4.69) is 48.1 Å². The van der Waals surface area contributed by atoms with Crippen LogP contribution < -0.4 is 4.90 Å². The first-order valence-electron chi connectivity index (χ1n) is 5.53. The first-order valence-corrected chi connectivity index (χ1v) is 5.53. The lowest BCUT2D eigenvalue weighted by Gasteiger charge is -2.30. The van der Waals surface area contributed by atoms with Crippen molar-refractivity contribution in [3.05, 3.63) is 53.3 Å². The Hall–Kier alpha value is -1.83. The van der Waals surface area contributed by atoms with E-state index in [1.807, 2.05) is 12.3 Å². The molecule has 1 aromatic carbocycles. The summed E-state index contributed by atoms with van der Waals surface area (Å²) in [5.74, 6) is 0. The summed E-state index contributed by atoms with van der Waals surface area (Å²) in [4.78, 5) is 6.70. The number of pyridine rings is 1. The van der Waals surface area contributed by atoms with Crippen molar-refractivity contribution in [3.63, 3.8) is 0 Å². The van der Waals surface area contributed by atoms with Gasteiger partial charge < -0.3 is 4.90 Å². The van der Waals surface area contributed by atoms with Gasteiger partial charge in [-0.3, -0.25) is 4.98 Å². The molecule has 0 N–H and O–H groups in total. The SMILES string of the molecule is Cc1cccc2c1Cc1ncccc1N2C. The molecule has 0 saturated heterocycles. The van der Waals surface area contributed by atoms with E-state index in [-0.39, 0.29) is 0 Å². The molecule has 0 fully saturated rings. The lowest BCUT2D eigenvalue weighted by atomic mass is 9.96. The monoisotopic (exact) mass is 210 g/mol. The van der Waals surface area contributed by atoms with E-state index < -0.39 is 0 Å². The molecule has 1 aliphatic heterocycles. The highest BCUT2D eigenvalue weighted by atomic mass is 15.1. The van der Waals surface area contributed by atoms with Crippen molar-refractivity contribution in [2.75, 3.05) is 11.9 Å². The standard InChI is InChI=1S/C14H14N2/c1-10-5-3-6-13-11(10)9-12-14(16(13)2)7-4-8-15-12/h3-8H,9H2,1-2H3. The highest BCUT2D eigenvalue weighted by molar-refractivity contribution is 5.73. The fraction of sp³-hybridized carbons (Fsp3) is 0.214. The lowest BCUT2D eigenvalue weighted by molar-refractivity contribution is 0.980. The maximum absolute atomic E-state index is 4.47. The van der Waals surface area contributed by atoms with Crippen LogP contribution in [0.4, 0.5) is 11.4 Å². The third-order valence-electron chi connectivity index (χ3n) is 3.32. The minimum Gasteiger partial charge on any atom is -0.343 e. The molecule has 0 bridgehead atoms. The Morgan fingerprint density at radius 1 is 1.12 bits per heavy atom. The number of hydrogen-bond acceptors (Lipinski definition) is 2. The van der Waals surface area contributed by atoms with Gasteiger partial charge in [0, 0.05) is 25.4 Å². The van der Waals surface area contributed by atoms with Crippen LogP contribution >= 0.6 is 0 Å². The number of fused-ring (bicyclic) bond motifs is 2. The maximum Gasteiger partial charge on any atom is 0.0684 e. The third-order valence-corrected chi connectivity index (χ3v) is 3.32. The molecule has 2 heterocycles. The molecule has 16 heavy (non-hydrogen) atoms. The van der Waals surface area contributed by atoms with Crippen LogP contribution in [0.2, 0.25) is 0 Å². The molecular weight excluding hydrogens is 196 g/mol. The van der Waals surface area contributed by atoms with Crippen molar-refractivity contribution < 1.29 is 0 Å². The average Bonchev–Trinajstić information content (AvgIpc) is 2.31. The average molecular weight is 210 g/mol. The summed E-state index contributed by atoms with van der Waals surface area (Å²) in [6.07, 6.45) is 2.82. The van der Waals surface area contributed by atoms with Gasteiger partial charge in [-0.15, -0.1) is 0 Å². The molecule has 0 saturated carbocycles. The van der Waals surface area contributed by atoms with Gasteiger partial charge in [0.1, 0.15) is 0 Å². The first kappa shape index (κ1) is 9.40. The molecular formula is C14H14N2.